The number of carbonyl (C=O) groups is 2. The molecule has 7 nitrogen and oxygen atoms in total. The van der Waals surface area contributed by atoms with E-state index in [1.165, 1.54) is 13.3 Å². The Morgan fingerprint density at radius 2 is 2.30 bits per heavy atom. The second-order valence-corrected chi connectivity index (χ2v) is 3.70. The van der Waals surface area contributed by atoms with Crippen molar-refractivity contribution < 1.29 is 23.7 Å². The molecule has 1 N–H and O–H groups in total. The molecule has 0 amide bonds. The first-order valence-electron chi connectivity index (χ1n) is 5.84. The summed E-state index contributed by atoms with van der Waals surface area (Å²) in [5.41, 5.74) is 0. The van der Waals surface area contributed by atoms with E-state index in [9.17, 15) is 9.59 Å². The summed E-state index contributed by atoms with van der Waals surface area (Å²) in [7, 11) is 2.38. The number of methoxy groups -OCH3 is 1. The lowest BCUT2D eigenvalue weighted by Crippen LogP contribution is -2.21. The van der Waals surface area contributed by atoms with Crippen LogP contribution in [0.25, 0.3) is 0 Å². The Morgan fingerprint density at radius 1 is 1.50 bits per heavy atom. The number of ether oxygens (including phenoxy) is 2. The third-order valence-corrected chi connectivity index (χ3v) is 2.33. The van der Waals surface area contributed by atoms with Crippen molar-refractivity contribution in [2.24, 2.45) is 0 Å². The van der Waals surface area contributed by atoms with Crippen LogP contribution < -0.4 is 4.74 Å². The number of esters is 2. The molecule has 0 saturated heterocycles. The molecule has 105 valence electrons. The van der Waals surface area contributed by atoms with E-state index in [0.717, 1.165) is 7.48 Å². The van der Waals surface area contributed by atoms with Crippen LogP contribution in [0.1, 0.15) is 12.8 Å². The first-order valence-corrected chi connectivity index (χ1v) is 5.84. The summed E-state index contributed by atoms with van der Waals surface area (Å²) < 4.78 is 14.2. The van der Waals surface area contributed by atoms with Crippen molar-refractivity contribution in [3.05, 3.63) is 24.4 Å². The van der Waals surface area contributed by atoms with Gasteiger partial charge in [0.25, 0.3) is 0 Å². The third-order valence-electron chi connectivity index (χ3n) is 2.33. The van der Waals surface area contributed by atoms with Gasteiger partial charge in [0.05, 0.1) is 12.9 Å². The zero-order valence-electron chi connectivity index (χ0n) is 10.9. The van der Waals surface area contributed by atoms with Gasteiger partial charge in [0.2, 0.25) is 5.88 Å². The summed E-state index contributed by atoms with van der Waals surface area (Å²) >= 11 is 0. The molecule has 0 bridgehead atoms. The van der Waals surface area contributed by atoms with Crippen molar-refractivity contribution in [3.8, 4) is 5.88 Å². The van der Waals surface area contributed by atoms with E-state index in [1.807, 2.05) is 0 Å². The van der Waals surface area contributed by atoms with Gasteiger partial charge in [-0.3, -0.25) is 15.0 Å². The number of carbonyl (C=O) groups excluding carboxylic acids is 2. The summed E-state index contributed by atoms with van der Waals surface area (Å²) in [5.74, 6) is -1.59. The average molecular weight is 277 g/mol. The standard InChI is InChI=1S/C12H14BN2O5/c1-18-12(17)9(13-19-8-14)5-6-11(16)20-10-4-2-3-7-15-10/h2-4,7-9,14H,5-6H2,1H3/t9-/m0/s1. The quantitative estimate of drug-likeness (QED) is 0.329. The van der Waals surface area contributed by atoms with Crippen LogP contribution in [0.3, 0.4) is 0 Å². The average Bonchev–Trinajstić information content (AvgIpc) is 2.47. The lowest BCUT2D eigenvalue weighted by Gasteiger charge is -2.11. The fourth-order valence-corrected chi connectivity index (χ4v) is 1.38. The third kappa shape index (κ3) is 5.51. The van der Waals surface area contributed by atoms with E-state index in [2.05, 4.69) is 14.4 Å². The van der Waals surface area contributed by atoms with Crippen LogP contribution in [0.4, 0.5) is 0 Å². The summed E-state index contributed by atoms with van der Waals surface area (Å²) in [5, 5.41) is 6.73. The number of hydrogen-bond acceptors (Lipinski definition) is 7. The molecule has 8 heteroatoms. The predicted molar refractivity (Wildman–Crippen MR) is 70.5 cm³/mol. The smallest absolute Gasteiger partial charge is 0.386 e. The Morgan fingerprint density at radius 3 is 2.90 bits per heavy atom. The number of nitrogens with one attached hydrogen (secondary N) is 1. The lowest BCUT2D eigenvalue weighted by atomic mass is 9.77. The second kappa shape index (κ2) is 8.68. The molecule has 0 aromatic carbocycles. The largest absolute Gasteiger partial charge is 0.555 e. The zero-order chi connectivity index (χ0) is 14.8. The first-order chi connectivity index (χ1) is 9.67. The summed E-state index contributed by atoms with van der Waals surface area (Å²) in [6, 6.07) is 4.95. The summed E-state index contributed by atoms with van der Waals surface area (Å²) in [6.45, 7) is 0. The maximum absolute atomic E-state index is 11.6. The number of aromatic nitrogens is 1. The molecular weight excluding hydrogens is 263 g/mol. The van der Waals surface area contributed by atoms with Gasteiger partial charge in [0.1, 0.15) is 6.40 Å². The van der Waals surface area contributed by atoms with Crippen LogP contribution in [0.5, 0.6) is 5.88 Å². The molecule has 1 radical (unpaired) electrons. The highest BCUT2D eigenvalue weighted by molar-refractivity contribution is 6.38. The predicted octanol–water partition coefficient (Wildman–Crippen LogP) is 0.972. The van der Waals surface area contributed by atoms with Crippen LogP contribution in [-0.2, 0) is 19.0 Å². The molecule has 1 aromatic rings. The van der Waals surface area contributed by atoms with Crippen molar-refractivity contribution in [1.29, 1.82) is 5.41 Å². The molecule has 0 aliphatic rings. The molecule has 0 aliphatic heterocycles. The van der Waals surface area contributed by atoms with Gasteiger partial charge < -0.3 is 14.1 Å². The minimum atomic E-state index is -0.738. The summed E-state index contributed by atoms with van der Waals surface area (Å²) in [6.07, 6.45) is 2.34. The van der Waals surface area contributed by atoms with E-state index in [4.69, 9.17) is 10.1 Å². The van der Waals surface area contributed by atoms with Crippen LogP contribution in [0.2, 0.25) is 5.82 Å². The van der Waals surface area contributed by atoms with Crippen LogP contribution in [0, 0.1) is 5.41 Å². The highest BCUT2D eigenvalue weighted by Gasteiger charge is 2.24. The Labute approximate surface area is 117 Å². The Balaban J connectivity index is 2.43. The van der Waals surface area contributed by atoms with E-state index in [1.54, 1.807) is 18.2 Å². The molecule has 0 fully saturated rings. The molecule has 0 unspecified atom stereocenters. The zero-order valence-corrected chi connectivity index (χ0v) is 10.9. The SMILES string of the molecule is COC(=O)[C@@H]([B]OC=N)CCC(=O)Oc1ccccn1. The highest BCUT2D eigenvalue weighted by Crippen LogP contribution is 2.15. The number of pyridine rings is 1. The van der Waals surface area contributed by atoms with E-state index in [0.29, 0.717) is 6.40 Å². The molecule has 20 heavy (non-hydrogen) atoms. The van der Waals surface area contributed by atoms with Crippen LogP contribution in [0.15, 0.2) is 24.4 Å². The first kappa shape index (κ1) is 15.7. The molecular formula is C12H14BN2O5. The molecule has 1 rings (SSSR count). The molecule has 1 atom stereocenters. The molecule has 1 aromatic heterocycles. The van der Waals surface area contributed by atoms with Gasteiger partial charge in [0, 0.05) is 18.7 Å². The van der Waals surface area contributed by atoms with Crippen molar-refractivity contribution in [1.82, 2.24) is 4.98 Å². The minimum absolute atomic E-state index is 0.00575. The molecule has 0 saturated carbocycles. The Bertz CT molecular complexity index is 454. The Kier molecular flexibility index (Phi) is 6.81. The van der Waals surface area contributed by atoms with Crippen LogP contribution >= 0.6 is 0 Å². The number of hydrogen-bond donors (Lipinski definition) is 1. The maximum Gasteiger partial charge on any atom is 0.386 e. The topological polar surface area (TPSA) is 98.6 Å². The fraction of sp³-hybridized carbons (Fsp3) is 0.333. The van der Waals surface area contributed by atoms with E-state index < -0.39 is 17.8 Å². The van der Waals surface area contributed by atoms with E-state index >= 15 is 0 Å². The van der Waals surface area contributed by atoms with Crippen molar-refractivity contribution in [2.75, 3.05) is 7.11 Å². The minimum Gasteiger partial charge on any atom is -0.555 e. The van der Waals surface area contributed by atoms with Gasteiger partial charge in [-0.05, 0) is 12.5 Å². The lowest BCUT2D eigenvalue weighted by molar-refractivity contribution is -0.141. The number of rotatable bonds is 8. The fourth-order valence-electron chi connectivity index (χ4n) is 1.38. The maximum atomic E-state index is 11.6. The number of nitrogens with zero attached hydrogens (tertiary/aromatic N) is 1. The second-order valence-electron chi connectivity index (χ2n) is 3.70. The normalized spacial score (nSPS) is 11.1. The van der Waals surface area contributed by atoms with Crippen LogP contribution in [-0.4, -0.2) is 37.9 Å². The highest BCUT2D eigenvalue weighted by atomic mass is 16.5. The van der Waals surface area contributed by atoms with Crippen molar-refractivity contribution in [3.63, 3.8) is 0 Å². The monoisotopic (exact) mass is 277 g/mol. The van der Waals surface area contributed by atoms with Crippen molar-refractivity contribution >= 4 is 25.8 Å². The van der Waals surface area contributed by atoms with E-state index in [-0.39, 0.29) is 18.7 Å². The van der Waals surface area contributed by atoms with Gasteiger partial charge in [-0.1, -0.05) is 6.07 Å². The summed E-state index contributed by atoms with van der Waals surface area (Å²) in [4.78, 5) is 26.9. The van der Waals surface area contributed by atoms with Gasteiger partial charge in [-0.2, -0.15) is 0 Å². The molecule has 1 heterocycles. The van der Waals surface area contributed by atoms with Crippen molar-refractivity contribution in [2.45, 2.75) is 18.7 Å². The van der Waals surface area contributed by atoms with Gasteiger partial charge >= 0.3 is 19.4 Å². The molecule has 0 aliphatic carbocycles. The molecule has 0 spiro atoms. The van der Waals surface area contributed by atoms with Gasteiger partial charge in [-0.15, -0.1) is 0 Å². The van der Waals surface area contributed by atoms with Gasteiger partial charge in [-0.25, -0.2) is 4.98 Å². The Hall–Kier alpha value is -2.38. The van der Waals surface area contributed by atoms with Gasteiger partial charge in [0.15, 0.2) is 0 Å².